The zero-order valence-corrected chi connectivity index (χ0v) is 16.2. The van der Waals surface area contributed by atoms with Crippen molar-refractivity contribution in [2.75, 3.05) is 19.7 Å². The highest BCUT2D eigenvalue weighted by molar-refractivity contribution is 7.89. The van der Waals surface area contributed by atoms with Crippen LogP contribution in [0, 0.1) is 5.92 Å². The van der Waals surface area contributed by atoms with Crippen molar-refractivity contribution in [2.24, 2.45) is 5.92 Å². The molecule has 0 bridgehead atoms. The SMILES string of the molecule is CCCCOc1ccc(S(=O)(=O)N2CCC(C)CC2)cc1C(C)C. The molecule has 0 amide bonds. The van der Waals surface area contributed by atoms with Crippen LogP contribution in [0.15, 0.2) is 23.1 Å². The summed E-state index contributed by atoms with van der Waals surface area (Å²) in [6.07, 6.45) is 3.96. The molecule has 136 valence electrons. The third kappa shape index (κ3) is 4.51. The highest BCUT2D eigenvalue weighted by atomic mass is 32.2. The Balaban J connectivity index is 2.25. The van der Waals surface area contributed by atoms with Gasteiger partial charge in [-0.25, -0.2) is 8.42 Å². The number of piperidine rings is 1. The molecule has 0 saturated carbocycles. The number of rotatable bonds is 7. The molecule has 0 N–H and O–H groups in total. The van der Waals surface area contributed by atoms with E-state index in [0.717, 1.165) is 37.0 Å². The Morgan fingerprint density at radius 2 is 1.92 bits per heavy atom. The van der Waals surface area contributed by atoms with Crippen LogP contribution in [-0.2, 0) is 10.0 Å². The first kappa shape index (κ1) is 19.3. The molecule has 0 atom stereocenters. The second-order valence-electron chi connectivity index (χ2n) is 7.14. The zero-order chi connectivity index (χ0) is 17.7. The topological polar surface area (TPSA) is 46.6 Å². The van der Waals surface area contributed by atoms with Crippen molar-refractivity contribution in [2.45, 2.75) is 64.2 Å². The van der Waals surface area contributed by atoms with Gasteiger partial charge < -0.3 is 4.74 Å². The maximum atomic E-state index is 12.9. The predicted molar refractivity (Wildman–Crippen MR) is 98.1 cm³/mol. The quantitative estimate of drug-likeness (QED) is 0.682. The summed E-state index contributed by atoms with van der Waals surface area (Å²) in [5.74, 6) is 1.64. The second-order valence-corrected chi connectivity index (χ2v) is 9.08. The maximum Gasteiger partial charge on any atom is 0.243 e. The van der Waals surface area contributed by atoms with Crippen LogP contribution in [-0.4, -0.2) is 32.4 Å². The molecule has 0 aliphatic carbocycles. The monoisotopic (exact) mass is 353 g/mol. The van der Waals surface area contributed by atoms with E-state index in [4.69, 9.17) is 4.74 Å². The molecule has 1 fully saturated rings. The van der Waals surface area contributed by atoms with Crippen LogP contribution in [0.5, 0.6) is 5.75 Å². The lowest BCUT2D eigenvalue weighted by atomic mass is 10.0. The van der Waals surface area contributed by atoms with Gasteiger partial charge in [0.1, 0.15) is 5.75 Å². The molecule has 1 aromatic rings. The minimum atomic E-state index is -3.41. The van der Waals surface area contributed by atoms with Gasteiger partial charge in [-0.1, -0.05) is 34.1 Å². The fraction of sp³-hybridized carbons (Fsp3) is 0.684. The van der Waals surface area contributed by atoms with Gasteiger partial charge in [0.05, 0.1) is 11.5 Å². The summed E-state index contributed by atoms with van der Waals surface area (Å²) in [6.45, 7) is 10.4. The fourth-order valence-corrected chi connectivity index (χ4v) is 4.48. The van der Waals surface area contributed by atoms with Gasteiger partial charge in [0.15, 0.2) is 0 Å². The van der Waals surface area contributed by atoms with Gasteiger partial charge in [0.25, 0.3) is 0 Å². The van der Waals surface area contributed by atoms with Crippen LogP contribution in [0.25, 0.3) is 0 Å². The molecular formula is C19H31NO3S. The van der Waals surface area contributed by atoms with E-state index >= 15 is 0 Å². The Morgan fingerprint density at radius 3 is 2.50 bits per heavy atom. The number of unbranched alkanes of at least 4 members (excludes halogenated alkanes) is 1. The van der Waals surface area contributed by atoms with Crippen LogP contribution >= 0.6 is 0 Å². The lowest BCUT2D eigenvalue weighted by Gasteiger charge is -2.29. The number of hydrogen-bond acceptors (Lipinski definition) is 3. The first-order valence-electron chi connectivity index (χ1n) is 9.13. The molecule has 1 aromatic carbocycles. The van der Waals surface area contributed by atoms with Gasteiger partial charge >= 0.3 is 0 Å². The molecule has 1 aliphatic heterocycles. The van der Waals surface area contributed by atoms with E-state index in [1.807, 2.05) is 6.07 Å². The number of ether oxygens (including phenoxy) is 1. The maximum absolute atomic E-state index is 12.9. The number of sulfonamides is 1. The van der Waals surface area contributed by atoms with E-state index in [-0.39, 0.29) is 5.92 Å². The highest BCUT2D eigenvalue weighted by Crippen LogP contribution is 2.31. The van der Waals surface area contributed by atoms with Crippen LogP contribution in [0.3, 0.4) is 0 Å². The summed E-state index contributed by atoms with van der Waals surface area (Å²) in [4.78, 5) is 0.392. The van der Waals surface area contributed by atoms with E-state index in [2.05, 4.69) is 27.7 Å². The first-order valence-corrected chi connectivity index (χ1v) is 10.6. The number of hydrogen-bond donors (Lipinski definition) is 0. The van der Waals surface area contributed by atoms with Gasteiger partial charge in [0.2, 0.25) is 10.0 Å². The normalized spacial score (nSPS) is 17.4. The van der Waals surface area contributed by atoms with Crippen LogP contribution in [0.2, 0.25) is 0 Å². The molecule has 0 unspecified atom stereocenters. The van der Waals surface area contributed by atoms with E-state index in [0.29, 0.717) is 30.5 Å². The Hall–Kier alpha value is -1.07. The van der Waals surface area contributed by atoms with Crippen molar-refractivity contribution >= 4 is 10.0 Å². The second kappa shape index (κ2) is 8.34. The number of benzene rings is 1. The van der Waals surface area contributed by atoms with Crippen LogP contribution in [0.4, 0.5) is 0 Å². The molecule has 24 heavy (non-hydrogen) atoms. The molecule has 0 aromatic heterocycles. The third-order valence-electron chi connectivity index (χ3n) is 4.74. The van der Waals surface area contributed by atoms with E-state index < -0.39 is 10.0 Å². The highest BCUT2D eigenvalue weighted by Gasteiger charge is 2.28. The molecule has 1 saturated heterocycles. The molecular weight excluding hydrogens is 322 g/mol. The average molecular weight is 354 g/mol. The molecule has 2 rings (SSSR count). The Bertz CT molecular complexity index is 632. The van der Waals surface area contributed by atoms with E-state index in [1.54, 1.807) is 16.4 Å². The lowest BCUT2D eigenvalue weighted by Crippen LogP contribution is -2.37. The van der Waals surface area contributed by atoms with Crippen LogP contribution in [0.1, 0.15) is 64.9 Å². The predicted octanol–water partition coefficient (Wildman–Crippen LogP) is 4.41. The Labute approximate surface area is 147 Å². The van der Waals surface area contributed by atoms with Crippen molar-refractivity contribution in [3.05, 3.63) is 23.8 Å². The third-order valence-corrected chi connectivity index (χ3v) is 6.63. The Morgan fingerprint density at radius 1 is 1.25 bits per heavy atom. The average Bonchev–Trinajstić information content (AvgIpc) is 2.55. The molecule has 0 spiro atoms. The molecule has 1 heterocycles. The van der Waals surface area contributed by atoms with Crippen LogP contribution < -0.4 is 4.74 Å². The minimum Gasteiger partial charge on any atom is -0.493 e. The van der Waals surface area contributed by atoms with E-state index in [1.165, 1.54) is 0 Å². The smallest absolute Gasteiger partial charge is 0.243 e. The summed E-state index contributed by atoms with van der Waals surface area (Å²) in [5.41, 5.74) is 0.970. The summed E-state index contributed by atoms with van der Waals surface area (Å²) in [7, 11) is -3.41. The van der Waals surface area contributed by atoms with E-state index in [9.17, 15) is 8.42 Å². The van der Waals surface area contributed by atoms with Gasteiger partial charge in [-0.3, -0.25) is 0 Å². The Kier molecular flexibility index (Phi) is 6.70. The van der Waals surface area contributed by atoms with Gasteiger partial charge in [0, 0.05) is 13.1 Å². The van der Waals surface area contributed by atoms with Crippen molar-refractivity contribution in [1.29, 1.82) is 0 Å². The zero-order valence-electron chi connectivity index (χ0n) is 15.4. The van der Waals surface area contributed by atoms with Gasteiger partial charge in [-0.05, 0) is 54.9 Å². The van der Waals surface area contributed by atoms with Crippen molar-refractivity contribution in [3.63, 3.8) is 0 Å². The standard InChI is InChI=1S/C19H31NO3S/c1-5-6-13-23-19-8-7-17(14-18(19)15(2)3)24(21,22)20-11-9-16(4)10-12-20/h7-8,14-16H,5-6,9-13H2,1-4H3. The molecule has 1 aliphatic rings. The van der Waals surface area contributed by atoms with Gasteiger partial charge in [-0.2, -0.15) is 4.31 Å². The largest absolute Gasteiger partial charge is 0.493 e. The summed E-state index contributed by atoms with van der Waals surface area (Å²) in [5, 5.41) is 0. The molecule has 0 radical (unpaired) electrons. The van der Waals surface area contributed by atoms with Crippen molar-refractivity contribution < 1.29 is 13.2 Å². The lowest BCUT2D eigenvalue weighted by molar-refractivity contribution is 0.288. The number of nitrogens with zero attached hydrogens (tertiary/aromatic N) is 1. The first-order chi connectivity index (χ1) is 11.4. The summed E-state index contributed by atoms with van der Waals surface area (Å²) in [6, 6.07) is 5.32. The van der Waals surface area contributed by atoms with Crippen molar-refractivity contribution in [1.82, 2.24) is 4.31 Å². The summed E-state index contributed by atoms with van der Waals surface area (Å²) < 4.78 is 33.3. The molecule has 4 nitrogen and oxygen atoms in total. The van der Waals surface area contributed by atoms with Gasteiger partial charge in [-0.15, -0.1) is 0 Å². The summed E-state index contributed by atoms with van der Waals surface area (Å²) >= 11 is 0. The van der Waals surface area contributed by atoms with Crippen molar-refractivity contribution in [3.8, 4) is 5.75 Å². The molecule has 5 heteroatoms. The fourth-order valence-electron chi connectivity index (χ4n) is 2.97. The minimum absolute atomic E-state index is 0.221.